The molecule has 0 bridgehead atoms. The van der Waals surface area contributed by atoms with Gasteiger partial charge in [0.1, 0.15) is 6.10 Å². The molecule has 2 aromatic rings. The molecular weight excluding hydrogens is 310 g/mol. The summed E-state index contributed by atoms with van der Waals surface area (Å²) < 4.78 is 5.53. The molecule has 1 amide bonds. The van der Waals surface area contributed by atoms with Gasteiger partial charge in [-0.25, -0.2) is 0 Å². The first-order valence-corrected chi connectivity index (χ1v) is 8.83. The van der Waals surface area contributed by atoms with Crippen LogP contribution in [0.4, 0.5) is 0 Å². The molecule has 3 rings (SSSR count). The van der Waals surface area contributed by atoms with Crippen molar-refractivity contribution in [1.29, 1.82) is 0 Å². The lowest BCUT2D eigenvalue weighted by Crippen LogP contribution is -2.40. The Morgan fingerprint density at radius 1 is 1.35 bits per heavy atom. The van der Waals surface area contributed by atoms with Crippen molar-refractivity contribution in [3.05, 3.63) is 58.3 Å². The smallest absolute Gasteiger partial charge is 0.252 e. The third-order valence-corrected chi connectivity index (χ3v) is 4.76. The van der Waals surface area contributed by atoms with Crippen LogP contribution in [0.2, 0.25) is 0 Å². The van der Waals surface area contributed by atoms with Gasteiger partial charge < -0.3 is 14.7 Å². The second kappa shape index (κ2) is 7.73. The molecule has 1 fully saturated rings. The molecule has 5 heteroatoms. The van der Waals surface area contributed by atoms with Gasteiger partial charge in [0.05, 0.1) is 12.6 Å². The number of hydrogen-bond acceptors (Lipinski definition) is 4. The second-order valence-electron chi connectivity index (χ2n) is 5.78. The summed E-state index contributed by atoms with van der Waals surface area (Å²) in [4.78, 5) is 14.5. The maximum absolute atomic E-state index is 12.7. The summed E-state index contributed by atoms with van der Waals surface area (Å²) in [6.07, 6.45) is 0.644. The molecule has 0 aliphatic carbocycles. The van der Waals surface area contributed by atoms with Gasteiger partial charge in [0.2, 0.25) is 0 Å². The number of nitrogens with zero attached hydrogens (tertiary/aromatic N) is 1. The van der Waals surface area contributed by atoms with Crippen molar-refractivity contribution in [3.63, 3.8) is 0 Å². The average molecular weight is 331 g/mol. The van der Waals surface area contributed by atoms with Crippen LogP contribution < -0.4 is 0 Å². The molecule has 2 atom stereocenters. The monoisotopic (exact) mass is 331 g/mol. The maximum atomic E-state index is 12.7. The highest BCUT2D eigenvalue weighted by Crippen LogP contribution is 2.21. The molecular formula is C18H21NO3S. The van der Waals surface area contributed by atoms with E-state index in [2.05, 4.69) is 0 Å². The second-order valence-corrected chi connectivity index (χ2v) is 6.56. The first kappa shape index (κ1) is 16.2. The van der Waals surface area contributed by atoms with Crippen LogP contribution in [0.5, 0.6) is 0 Å². The lowest BCUT2D eigenvalue weighted by atomic mass is 10.1. The number of aliphatic hydroxyl groups is 1. The summed E-state index contributed by atoms with van der Waals surface area (Å²) in [5, 5.41) is 14.3. The van der Waals surface area contributed by atoms with Gasteiger partial charge in [0.25, 0.3) is 5.91 Å². The zero-order chi connectivity index (χ0) is 16.1. The number of amides is 1. The lowest BCUT2D eigenvalue weighted by Gasteiger charge is -2.27. The van der Waals surface area contributed by atoms with E-state index in [1.165, 1.54) is 0 Å². The van der Waals surface area contributed by atoms with Crippen molar-refractivity contribution in [2.45, 2.75) is 31.6 Å². The Hall–Kier alpha value is -1.69. The van der Waals surface area contributed by atoms with E-state index in [1.807, 2.05) is 47.2 Å². The van der Waals surface area contributed by atoms with E-state index in [0.717, 1.165) is 24.0 Å². The van der Waals surface area contributed by atoms with Gasteiger partial charge in [-0.15, -0.1) is 0 Å². The fraction of sp³-hybridized carbons (Fsp3) is 0.389. The highest BCUT2D eigenvalue weighted by atomic mass is 32.1. The number of hydrogen-bond donors (Lipinski definition) is 1. The van der Waals surface area contributed by atoms with Gasteiger partial charge in [-0.05, 0) is 40.8 Å². The SMILES string of the molecule is O=C(C1CCCO1)N(Cc1ccccc1)CC(O)c1ccsc1. The van der Waals surface area contributed by atoms with Gasteiger partial charge >= 0.3 is 0 Å². The van der Waals surface area contributed by atoms with Crippen LogP contribution in [0.25, 0.3) is 0 Å². The van der Waals surface area contributed by atoms with Gasteiger partial charge in [-0.1, -0.05) is 30.3 Å². The van der Waals surface area contributed by atoms with Gasteiger partial charge in [0.15, 0.2) is 0 Å². The minimum absolute atomic E-state index is 0.0272. The lowest BCUT2D eigenvalue weighted by molar-refractivity contribution is -0.143. The minimum atomic E-state index is -0.671. The van der Waals surface area contributed by atoms with E-state index in [0.29, 0.717) is 13.2 Å². The molecule has 122 valence electrons. The summed E-state index contributed by atoms with van der Waals surface area (Å²) >= 11 is 1.54. The van der Waals surface area contributed by atoms with Crippen LogP contribution in [-0.2, 0) is 16.1 Å². The van der Waals surface area contributed by atoms with Gasteiger partial charge in [0, 0.05) is 13.2 Å². The zero-order valence-electron chi connectivity index (χ0n) is 12.9. The van der Waals surface area contributed by atoms with E-state index in [9.17, 15) is 9.90 Å². The molecule has 2 unspecified atom stereocenters. The number of benzene rings is 1. The molecule has 2 heterocycles. The van der Waals surface area contributed by atoms with Gasteiger partial charge in [-0.3, -0.25) is 4.79 Å². The highest BCUT2D eigenvalue weighted by molar-refractivity contribution is 7.07. The summed E-state index contributed by atoms with van der Waals surface area (Å²) in [6, 6.07) is 11.8. The van der Waals surface area contributed by atoms with E-state index in [1.54, 1.807) is 16.2 Å². The average Bonchev–Trinajstić information content (AvgIpc) is 3.27. The van der Waals surface area contributed by atoms with Crippen molar-refractivity contribution in [2.24, 2.45) is 0 Å². The molecule has 1 aromatic heterocycles. The largest absolute Gasteiger partial charge is 0.387 e. The Bertz CT molecular complexity index is 608. The molecule has 23 heavy (non-hydrogen) atoms. The number of ether oxygens (including phenoxy) is 1. The fourth-order valence-corrected chi connectivity index (χ4v) is 3.50. The van der Waals surface area contributed by atoms with Crippen molar-refractivity contribution in [2.75, 3.05) is 13.2 Å². The zero-order valence-corrected chi connectivity index (χ0v) is 13.7. The van der Waals surface area contributed by atoms with Crippen LogP contribution in [0.1, 0.15) is 30.1 Å². The van der Waals surface area contributed by atoms with E-state index in [4.69, 9.17) is 4.74 Å². The summed E-state index contributed by atoms with van der Waals surface area (Å²) in [5.41, 5.74) is 1.91. The normalized spacial score (nSPS) is 18.7. The molecule has 1 aliphatic rings. The van der Waals surface area contributed by atoms with E-state index < -0.39 is 6.10 Å². The Kier molecular flexibility index (Phi) is 5.43. The van der Waals surface area contributed by atoms with Crippen LogP contribution >= 0.6 is 11.3 Å². The fourth-order valence-electron chi connectivity index (χ4n) is 2.79. The predicted molar refractivity (Wildman–Crippen MR) is 90.1 cm³/mol. The summed E-state index contributed by atoms with van der Waals surface area (Å²) in [5.74, 6) is -0.0272. The molecule has 1 N–H and O–H groups in total. The van der Waals surface area contributed by atoms with Crippen LogP contribution in [0, 0.1) is 0 Å². The Labute approximate surface area is 140 Å². The quantitative estimate of drug-likeness (QED) is 0.885. The summed E-state index contributed by atoms with van der Waals surface area (Å²) in [7, 11) is 0. The molecule has 0 saturated carbocycles. The number of aliphatic hydroxyl groups excluding tert-OH is 1. The topological polar surface area (TPSA) is 49.8 Å². The van der Waals surface area contributed by atoms with Crippen LogP contribution in [0.15, 0.2) is 47.2 Å². The van der Waals surface area contributed by atoms with Crippen LogP contribution in [-0.4, -0.2) is 35.2 Å². The van der Waals surface area contributed by atoms with Crippen molar-refractivity contribution in [3.8, 4) is 0 Å². The molecule has 1 aliphatic heterocycles. The third kappa shape index (κ3) is 4.19. The standard InChI is InChI=1S/C18H21NO3S/c20-16(15-8-10-23-13-15)12-19(11-14-5-2-1-3-6-14)18(21)17-7-4-9-22-17/h1-3,5-6,8,10,13,16-17,20H,4,7,9,11-12H2. The minimum Gasteiger partial charge on any atom is -0.387 e. The van der Waals surface area contributed by atoms with Crippen molar-refractivity contribution in [1.82, 2.24) is 4.90 Å². The molecule has 4 nitrogen and oxygen atoms in total. The predicted octanol–water partition coefficient (Wildman–Crippen LogP) is 2.99. The van der Waals surface area contributed by atoms with Crippen LogP contribution in [0.3, 0.4) is 0 Å². The Morgan fingerprint density at radius 3 is 2.83 bits per heavy atom. The Morgan fingerprint density at radius 2 is 2.17 bits per heavy atom. The molecule has 1 saturated heterocycles. The number of carbonyl (C=O) groups excluding carboxylic acids is 1. The van der Waals surface area contributed by atoms with E-state index >= 15 is 0 Å². The Balaban J connectivity index is 1.73. The number of rotatable bonds is 6. The first-order valence-electron chi connectivity index (χ1n) is 7.88. The third-order valence-electron chi connectivity index (χ3n) is 4.05. The number of carbonyl (C=O) groups is 1. The molecule has 1 aromatic carbocycles. The first-order chi connectivity index (χ1) is 11.2. The molecule has 0 radical (unpaired) electrons. The number of thiophene rings is 1. The van der Waals surface area contributed by atoms with Crippen molar-refractivity contribution >= 4 is 17.2 Å². The maximum Gasteiger partial charge on any atom is 0.252 e. The van der Waals surface area contributed by atoms with E-state index in [-0.39, 0.29) is 18.6 Å². The molecule has 0 spiro atoms. The highest BCUT2D eigenvalue weighted by Gasteiger charge is 2.29. The van der Waals surface area contributed by atoms with Crippen molar-refractivity contribution < 1.29 is 14.6 Å². The van der Waals surface area contributed by atoms with Gasteiger partial charge in [-0.2, -0.15) is 11.3 Å². The summed E-state index contributed by atoms with van der Waals surface area (Å²) in [6.45, 7) is 1.41.